The number of nitrogens with one attached hydrogen (secondary N) is 2. The lowest BCUT2D eigenvalue weighted by Gasteiger charge is -2.09. The molecule has 0 fully saturated rings. The molecule has 5 heteroatoms. The largest absolute Gasteiger partial charge is 0.489 e. The molecule has 0 atom stereocenters. The van der Waals surface area contributed by atoms with Crippen LogP contribution in [0.3, 0.4) is 0 Å². The molecule has 4 aromatic rings. The summed E-state index contributed by atoms with van der Waals surface area (Å²) in [7, 11) is 0. The molecule has 0 aliphatic heterocycles. The van der Waals surface area contributed by atoms with Gasteiger partial charge in [-0.25, -0.2) is 0 Å². The maximum atomic E-state index is 12.7. The minimum Gasteiger partial charge on any atom is -0.489 e. The number of benzene rings is 3. The second-order valence-electron chi connectivity index (χ2n) is 6.28. The molecule has 0 saturated carbocycles. The third-order valence-electron chi connectivity index (χ3n) is 4.31. The summed E-state index contributed by atoms with van der Waals surface area (Å²) in [6.07, 6.45) is 1.54. The smallest absolute Gasteiger partial charge is 0.259 e. The monoisotopic (exact) mass is 369 g/mol. The summed E-state index contributed by atoms with van der Waals surface area (Å²) in [4.78, 5) is 12.7. The molecular formula is C23H19N3O2. The third kappa shape index (κ3) is 4.10. The Morgan fingerprint density at radius 3 is 2.29 bits per heavy atom. The van der Waals surface area contributed by atoms with Crippen LogP contribution >= 0.6 is 0 Å². The number of rotatable bonds is 6. The number of amides is 1. The molecule has 2 N–H and O–H groups in total. The van der Waals surface area contributed by atoms with Gasteiger partial charge in [0.2, 0.25) is 0 Å². The lowest BCUT2D eigenvalue weighted by atomic mass is 10.1. The molecule has 1 amide bonds. The molecule has 1 heterocycles. The number of nitrogens with zero attached hydrogens (tertiary/aromatic N) is 1. The van der Waals surface area contributed by atoms with Gasteiger partial charge in [-0.3, -0.25) is 9.89 Å². The Kier molecular flexibility index (Phi) is 5.15. The summed E-state index contributed by atoms with van der Waals surface area (Å²) in [5.74, 6) is 0.528. The van der Waals surface area contributed by atoms with Crippen molar-refractivity contribution < 1.29 is 9.53 Å². The molecule has 0 aliphatic rings. The summed E-state index contributed by atoms with van der Waals surface area (Å²) < 4.78 is 5.77. The summed E-state index contributed by atoms with van der Waals surface area (Å²) in [5, 5.41) is 9.82. The number of carbonyl (C=O) groups excluding carboxylic acids is 1. The fraction of sp³-hybridized carbons (Fsp3) is 0.0435. The number of hydrogen-bond acceptors (Lipinski definition) is 3. The second kappa shape index (κ2) is 8.22. The summed E-state index contributed by atoms with van der Waals surface area (Å²) in [6, 6.07) is 26.9. The van der Waals surface area contributed by atoms with Crippen LogP contribution in [0.25, 0.3) is 11.3 Å². The molecule has 5 nitrogen and oxygen atoms in total. The van der Waals surface area contributed by atoms with E-state index in [1.54, 1.807) is 0 Å². The fourth-order valence-electron chi connectivity index (χ4n) is 2.86. The first-order chi connectivity index (χ1) is 13.8. The molecule has 1 aromatic heterocycles. The first-order valence-electron chi connectivity index (χ1n) is 8.96. The van der Waals surface area contributed by atoms with Gasteiger partial charge in [-0.05, 0) is 29.8 Å². The van der Waals surface area contributed by atoms with Crippen LogP contribution in [-0.2, 0) is 6.61 Å². The minimum atomic E-state index is -0.217. The molecule has 0 spiro atoms. The molecular weight excluding hydrogens is 350 g/mol. The number of anilines is 1. The van der Waals surface area contributed by atoms with Crippen molar-refractivity contribution in [2.75, 3.05) is 5.32 Å². The van der Waals surface area contributed by atoms with Crippen LogP contribution in [0.1, 0.15) is 15.9 Å². The molecule has 0 bridgehead atoms. The number of aromatic nitrogens is 2. The van der Waals surface area contributed by atoms with Gasteiger partial charge in [-0.15, -0.1) is 0 Å². The lowest BCUT2D eigenvalue weighted by Crippen LogP contribution is -2.12. The SMILES string of the molecule is O=C(Nc1ccc(OCc2ccccc2)cc1)c1cn[nH]c1-c1ccccc1. The topological polar surface area (TPSA) is 67.0 Å². The van der Waals surface area contributed by atoms with E-state index < -0.39 is 0 Å². The minimum absolute atomic E-state index is 0.217. The first-order valence-corrected chi connectivity index (χ1v) is 8.96. The van der Waals surface area contributed by atoms with Crippen molar-refractivity contribution in [1.29, 1.82) is 0 Å². The van der Waals surface area contributed by atoms with Crippen LogP contribution in [0.4, 0.5) is 5.69 Å². The van der Waals surface area contributed by atoms with Crippen LogP contribution in [0.2, 0.25) is 0 Å². The number of H-pyrrole nitrogens is 1. The van der Waals surface area contributed by atoms with Crippen molar-refractivity contribution in [3.05, 3.63) is 102 Å². The van der Waals surface area contributed by atoms with Crippen molar-refractivity contribution in [2.24, 2.45) is 0 Å². The number of hydrogen-bond donors (Lipinski definition) is 2. The van der Waals surface area contributed by atoms with Crippen molar-refractivity contribution >= 4 is 11.6 Å². The molecule has 0 saturated heterocycles. The van der Waals surface area contributed by atoms with E-state index in [2.05, 4.69) is 15.5 Å². The Morgan fingerprint density at radius 2 is 1.57 bits per heavy atom. The van der Waals surface area contributed by atoms with E-state index in [1.807, 2.05) is 84.9 Å². The van der Waals surface area contributed by atoms with Crippen LogP contribution in [0.5, 0.6) is 5.75 Å². The Bertz CT molecular complexity index is 1040. The van der Waals surface area contributed by atoms with Gasteiger partial charge in [0.1, 0.15) is 12.4 Å². The summed E-state index contributed by atoms with van der Waals surface area (Å²) >= 11 is 0. The zero-order chi connectivity index (χ0) is 19.2. The molecule has 28 heavy (non-hydrogen) atoms. The molecule has 0 unspecified atom stereocenters. The molecule has 138 valence electrons. The van der Waals surface area contributed by atoms with Crippen LogP contribution in [-0.4, -0.2) is 16.1 Å². The lowest BCUT2D eigenvalue weighted by molar-refractivity contribution is 0.102. The highest BCUT2D eigenvalue weighted by atomic mass is 16.5. The van der Waals surface area contributed by atoms with Gasteiger partial charge in [0, 0.05) is 11.3 Å². The van der Waals surface area contributed by atoms with Crippen molar-refractivity contribution in [2.45, 2.75) is 6.61 Å². The maximum Gasteiger partial charge on any atom is 0.259 e. The molecule has 4 rings (SSSR count). The first kappa shape index (κ1) is 17.5. The fourth-order valence-corrected chi connectivity index (χ4v) is 2.86. The highest BCUT2D eigenvalue weighted by molar-refractivity contribution is 6.08. The molecule has 3 aromatic carbocycles. The average molecular weight is 369 g/mol. The Morgan fingerprint density at radius 1 is 0.893 bits per heavy atom. The van der Waals surface area contributed by atoms with Gasteiger partial charge in [0.05, 0.1) is 17.5 Å². The van der Waals surface area contributed by atoms with Crippen LogP contribution in [0, 0.1) is 0 Å². The summed E-state index contributed by atoms with van der Waals surface area (Å²) in [6.45, 7) is 0.502. The second-order valence-corrected chi connectivity index (χ2v) is 6.28. The van der Waals surface area contributed by atoms with E-state index in [1.165, 1.54) is 6.20 Å². The van der Waals surface area contributed by atoms with Crippen LogP contribution in [0.15, 0.2) is 91.1 Å². The summed E-state index contributed by atoms with van der Waals surface area (Å²) in [5.41, 5.74) is 3.90. The molecule has 0 aliphatic carbocycles. The highest BCUT2D eigenvalue weighted by Gasteiger charge is 2.15. The zero-order valence-corrected chi connectivity index (χ0v) is 15.1. The van der Waals surface area contributed by atoms with E-state index in [4.69, 9.17) is 4.74 Å². The van der Waals surface area contributed by atoms with Gasteiger partial charge >= 0.3 is 0 Å². The number of carbonyl (C=O) groups is 1. The van der Waals surface area contributed by atoms with Gasteiger partial charge in [0.25, 0.3) is 5.91 Å². The van der Waals surface area contributed by atoms with Crippen molar-refractivity contribution in [3.8, 4) is 17.0 Å². The van der Waals surface area contributed by atoms with Gasteiger partial charge in [-0.2, -0.15) is 5.10 Å². The van der Waals surface area contributed by atoms with E-state index in [-0.39, 0.29) is 5.91 Å². The third-order valence-corrected chi connectivity index (χ3v) is 4.31. The highest BCUT2D eigenvalue weighted by Crippen LogP contribution is 2.22. The van der Waals surface area contributed by atoms with E-state index in [0.29, 0.717) is 23.6 Å². The Hall–Kier alpha value is -3.86. The van der Waals surface area contributed by atoms with E-state index in [0.717, 1.165) is 16.9 Å². The predicted molar refractivity (Wildman–Crippen MR) is 109 cm³/mol. The molecule has 0 radical (unpaired) electrons. The maximum absolute atomic E-state index is 12.7. The standard InChI is InChI=1S/C23H19N3O2/c27-23(21-15-24-26-22(21)18-9-5-2-6-10-18)25-19-11-13-20(14-12-19)28-16-17-7-3-1-4-8-17/h1-15H,16H2,(H,24,26)(H,25,27). The van der Waals surface area contributed by atoms with Crippen molar-refractivity contribution in [1.82, 2.24) is 10.2 Å². The Labute approximate surface area is 163 Å². The quantitative estimate of drug-likeness (QED) is 0.507. The van der Waals surface area contributed by atoms with Crippen molar-refractivity contribution in [3.63, 3.8) is 0 Å². The number of aromatic amines is 1. The van der Waals surface area contributed by atoms with Gasteiger partial charge in [0.15, 0.2) is 0 Å². The van der Waals surface area contributed by atoms with Crippen LogP contribution < -0.4 is 10.1 Å². The Balaban J connectivity index is 1.41. The van der Waals surface area contributed by atoms with Gasteiger partial charge in [-0.1, -0.05) is 60.7 Å². The predicted octanol–water partition coefficient (Wildman–Crippen LogP) is 4.91. The van der Waals surface area contributed by atoms with Gasteiger partial charge < -0.3 is 10.1 Å². The normalized spacial score (nSPS) is 10.4. The van der Waals surface area contributed by atoms with E-state index in [9.17, 15) is 4.79 Å². The average Bonchev–Trinajstić information content (AvgIpc) is 3.25. The number of ether oxygens (including phenoxy) is 1. The zero-order valence-electron chi connectivity index (χ0n) is 15.1. The van der Waals surface area contributed by atoms with E-state index >= 15 is 0 Å².